The van der Waals surface area contributed by atoms with Gasteiger partial charge in [0.25, 0.3) is 0 Å². The maximum absolute atomic E-state index is 5.08. The predicted molar refractivity (Wildman–Crippen MR) is 124 cm³/mol. The van der Waals surface area contributed by atoms with Crippen molar-refractivity contribution in [3.63, 3.8) is 0 Å². The van der Waals surface area contributed by atoms with E-state index in [9.17, 15) is 0 Å². The highest BCUT2D eigenvalue weighted by atomic mass is 79.9. The summed E-state index contributed by atoms with van der Waals surface area (Å²) in [5, 5.41) is 5.08. The van der Waals surface area contributed by atoms with Crippen LogP contribution in [0.1, 0.15) is 18.1 Å². The van der Waals surface area contributed by atoms with Crippen LogP contribution >= 0.6 is 31.9 Å². The summed E-state index contributed by atoms with van der Waals surface area (Å²) in [4.78, 5) is 0. The minimum atomic E-state index is 0.961. The molecule has 0 radical (unpaired) electrons. The van der Waals surface area contributed by atoms with Crippen LogP contribution < -0.4 is 0 Å². The molecule has 0 saturated carbocycles. The summed E-state index contributed by atoms with van der Waals surface area (Å²) in [6.45, 7) is 4.34. The average Bonchev–Trinajstić information content (AvgIpc) is 3.06. The normalized spacial score (nSPS) is 11.0. The molecule has 0 unspecified atom stereocenters. The fourth-order valence-corrected chi connectivity index (χ4v) is 4.04. The molecule has 0 aliphatic carbocycles. The van der Waals surface area contributed by atoms with Gasteiger partial charge in [-0.2, -0.15) is 5.10 Å². The Morgan fingerprint density at radius 3 is 1.96 bits per heavy atom. The number of aryl methyl sites for hydroxylation is 1. The molecule has 0 saturated heterocycles. The molecule has 4 aromatic rings. The second-order valence-electron chi connectivity index (χ2n) is 6.73. The minimum absolute atomic E-state index is 0.961. The third-order valence-corrected chi connectivity index (χ3v) is 6.02. The van der Waals surface area contributed by atoms with Crippen molar-refractivity contribution in [3.05, 3.63) is 92.9 Å². The zero-order chi connectivity index (χ0) is 19.7. The number of aromatic nitrogens is 2. The summed E-state index contributed by atoms with van der Waals surface area (Å²) < 4.78 is 4.24. The molecular formula is C24H20Br2N2. The van der Waals surface area contributed by atoms with Crippen LogP contribution in [0.5, 0.6) is 0 Å². The van der Waals surface area contributed by atoms with E-state index in [1.807, 2.05) is 0 Å². The van der Waals surface area contributed by atoms with E-state index in [0.29, 0.717) is 0 Å². The molecule has 2 nitrogen and oxygen atoms in total. The Morgan fingerprint density at radius 2 is 1.36 bits per heavy atom. The molecule has 0 spiro atoms. The third kappa shape index (κ3) is 3.59. The van der Waals surface area contributed by atoms with Gasteiger partial charge in [-0.15, -0.1) is 0 Å². The van der Waals surface area contributed by atoms with E-state index in [0.717, 1.165) is 43.6 Å². The van der Waals surface area contributed by atoms with E-state index in [1.165, 1.54) is 11.1 Å². The lowest BCUT2D eigenvalue weighted by Gasteiger charge is -2.12. The molecule has 0 amide bonds. The van der Waals surface area contributed by atoms with Crippen molar-refractivity contribution in [2.75, 3.05) is 0 Å². The number of hydrogen-bond donors (Lipinski definition) is 0. The van der Waals surface area contributed by atoms with E-state index in [1.54, 1.807) is 0 Å². The Kier molecular flexibility index (Phi) is 5.51. The molecule has 3 aromatic carbocycles. The standard InChI is InChI=1S/C24H20Br2N2/c1-3-17-6-4-5-7-22(17)28-24(19-10-14-21(26)15-11-19)16(2)23(27-28)18-8-12-20(25)13-9-18/h4-15H,3H2,1-2H3. The molecule has 140 valence electrons. The van der Waals surface area contributed by atoms with Gasteiger partial charge in [-0.25, -0.2) is 4.68 Å². The number of para-hydroxylation sites is 1. The van der Waals surface area contributed by atoms with Crippen LogP contribution in [0.15, 0.2) is 81.7 Å². The highest BCUT2D eigenvalue weighted by molar-refractivity contribution is 9.10. The number of hydrogen-bond acceptors (Lipinski definition) is 1. The number of benzene rings is 3. The molecule has 0 N–H and O–H groups in total. The van der Waals surface area contributed by atoms with Crippen molar-refractivity contribution in [2.45, 2.75) is 20.3 Å². The predicted octanol–water partition coefficient (Wildman–Crippen LogP) is 7.60. The van der Waals surface area contributed by atoms with Gasteiger partial charge in [-0.1, -0.05) is 81.2 Å². The Bertz CT molecular complexity index is 1110. The Hall–Kier alpha value is -2.17. The maximum atomic E-state index is 5.08. The Morgan fingerprint density at radius 1 is 0.786 bits per heavy atom. The fraction of sp³-hybridized carbons (Fsp3) is 0.125. The van der Waals surface area contributed by atoms with Crippen LogP contribution in [0, 0.1) is 6.92 Å². The first-order chi connectivity index (χ1) is 13.6. The summed E-state index contributed by atoms with van der Waals surface area (Å²) in [6, 6.07) is 25.3. The summed E-state index contributed by atoms with van der Waals surface area (Å²) in [6.07, 6.45) is 0.961. The van der Waals surface area contributed by atoms with Gasteiger partial charge >= 0.3 is 0 Å². The van der Waals surface area contributed by atoms with Gasteiger partial charge < -0.3 is 0 Å². The van der Waals surface area contributed by atoms with Crippen LogP contribution in [0.4, 0.5) is 0 Å². The maximum Gasteiger partial charge on any atom is 0.0963 e. The van der Waals surface area contributed by atoms with Gasteiger partial charge in [0.15, 0.2) is 0 Å². The van der Waals surface area contributed by atoms with Crippen molar-refractivity contribution in [2.24, 2.45) is 0 Å². The molecule has 0 bridgehead atoms. The average molecular weight is 496 g/mol. The Balaban J connectivity index is 1.99. The Labute approximate surface area is 182 Å². The summed E-state index contributed by atoms with van der Waals surface area (Å²) in [5.41, 5.74) is 8.01. The number of nitrogens with zero attached hydrogens (tertiary/aromatic N) is 2. The lowest BCUT2D eigenvalue weighted by Crippen LogP contribution is -2.03. The van der Waals surface area contributed by atoms with Crippen LogP contribution in [0.25, 0.3) is 28.2 Å². The molecule has 4 rings (SSSR count). The molecule has 28 heavy (non-hydrogen) atoms. The molecule has 0 aliphatic rings. The van der Waals surface area contributed by atoms with Crippen molar-refractivity contribution < 1.29 is 0 Å². The zero-order valence-electron chi connectivity index (χ0n) is 15.8. The van der Waals surface area contributed by atoms with E-state index < -0.39 is 0 Å². The van der Waals surface area contributed by atoms with Crippen molar-refractivity contribution in [1.29, 1.82) is 0 Å². The second-order valence-corrected chi connectivity index (χ2v) is 8.56. The van der Waals surface area contributed by atoms with Gasteiger partial charge in [0.05, 0.1) is 17.1 Å². The van der Waals surface area contributed by atoms with Crippen molar-refractivity contribution >= 4 is 31.9 Å². The SMILES string of the molecule is CCc1ccccc1-n1nc(-c2ccc(Br)cc2)c(C)c1-c1ccc(Br)cc1. The summed E-state index contributed by atoms with van der Waals surface area (Å²) >= 11 is 7.07. The quantitative estimate of drug-likeness (QED) is 0.285. The molecule has 1 heterocycles. The van der Waals surface area contributed by atoms with E-state index >= 15 is 0 Å². The molecule has 0 atom stereocenters. The lowest BCUT2D eigenvalue weighted by atomic mass is 10.0. The first-order valence-corrected chi connectivity index (χ1v) is 10.9. The largest absolute Gasteiger partial charge is 0.232 e. The zero-order valence-corrected chi connectivity index (χ0v) is 19.0. The van der Waals surface area contributed by atoms with E-state index in [4.69, 9.17) is 5.10 Å². The lowest BCUT2D eigenvalue weighted by molar-refractivity contribution is 0.873. The highest BCUT2D eigenvalue weighted by Gasteiger charge is 2.19. The molecule has 1 aromatic heterocycles. The smallest absolute Gasteiger partial charge is 0.0963 e. The summed E-state index contributed by atoms with van der Waals surface area (Å²) in [5.74, 6) is 0. The molecule has 4 heteroatoms. The fourth-order valence-electron chi connectivity index (χ4n) is 3.52. The van der Waals surface area contributed by atoms with Crippen LogP contribution in [-0.2, 0) is 6.42 Å². The van der Waals surface area contributed by atoms with Gasteiger partial charge in [0.1, 0.15) is 0 Å². The molecular weight excluding hydrogens is 476 g/mol. The van der Waals surface area contributed by atoms with Gasteiger partial charge in [0.2, 0.25) is 0 Å². The van der Waals surface area contributed by atoms with E-state index in [2.05, 4.69) is 123 Å². The van der Waals surface area contributed by atoms with Crippen LogP contribution in [-0.4, -0.2) is 9.78 Å². The van der Waals surface area contributed by atoms with Crippen LogP contribution in [0.2, 0.25) is 0 Å². The highest BCUT2D eigenvalue weighted by Crippen LogP contribution is 2.35. The summed E-state index contributed by atoms with van der Waals surface area (Å²) in [7, 11) is 0. The molecule has 0 fully saturated rings. The topological polar surface area (TPSA) is 17.8 Å². The monoisotopic (exact) mass is 494 g/mol. The third-order valence-electron chi connectivity index (χ3n) is 4.96. The number of halogens is 2. The van der Waals surface area contributed by atoms with Gasteiger partial charge in [-0.05, 0) is 49.2 Å². The second kappa shape index (κ2) is 8.06. The first kappa shape index (κ1) is 19.2. The first-order valence-electron chi connectivity index (χ1n) is 9.28. The van der Waals surface area contributed by atoms with Crippen molar-refractivity contribution in [3.8, 4) is 28.2 Å². The van der Waals surface area contributed by atoms with Crippen molar-refractivity contribution in [1.82, 2.24) is 9.78 Å². The van der Waals surface area contributed by atoms with Gasteiger partial charge in [0, 0.05) is 25.6 Å². The van der Waals surface area contributed by atoms with Crippen LogP contribution in [0.3, 0.4) is 0 Å². The van der Waals surface area contributed by atoms with Gasteiger partial charge in [-0.3, -0.25) is 0 Å². The molecule has 0 aliphatic heterocycles. The van der Waals surface area contributed by atoms with E-state index in [-0.39, 0.29) is 0 Å². The number of rotatable bonds is 4. The minimum Gasteiger partial charge on any atom is -0.232 e.